The number of hydrogen-bond donors (Lipinski definition) is 0. The average Bonchev–Trinajstić information content (AvgIpc) is 2.15. The molecule has 0 aromatic rings. The minimum absolute atomic E-state index is 0.303. The first-order chi connectivity index (χ1) is 6.97. The maximum absolute atomic E-state index is 10.5. The van der Waals surface area contributed by atoms with Crippen molar-refractivity contribution in [2.45, 2.75) is 47.0 Å². The normalized spacial score (nSPS) is 29.2. The maximum Gasteiger partial charge on any atom is 0.145 e. The van der Waals surface area contributed by atoms with Crippen molar-refractivity contribution in [1.82, 2.24) is 0 Å². The number of aldehydes is 1. The molecule has 1 saturated carbocycles. The lowest BCUT2D eigenvalue weighted by atomic mass is 9.68. The topological polar surface area (TPSA) is 17.1 Å². The number of allylic oxidation sites excluding steroid dienone is 4. The Morgan fingerprint density at radius 3 is 2.67 bits per heavy atom. The fraction of sp³-hybridized carbons (Fsp3) is 0.643. The van der Waals surface area contributed by atoms with Crippen LogP contribution in [0.15, 0.2) is 23.3 Å². The van der Waals surface area contributed by atoms with Gasteiger partial charge in [0.2, 0.25) is 0 Å². The predicted octanol–water partition coefficient (Wildman–Crippen LogP) is 3.90. The summed E-state index contributed by atoms with van der Waals surface area (Å²) in [6.45, 7) is 8.75. The van der Waals surface area contributed by atoms with Crippen molar-refractivity contribution >= 4 is 6.29 Å². The van der Waals surface area contributed by atoms with Crippen molar-refractivity contribution < 1.29 is 4.79 Å². The van der Waals surface area contributed by atoms with Crippen molar-refractivity contribution in [2.75, 3.05) is 0 Å². The lowest BCUT2D eigenvalue weighted by molar-refractivity contribution is -0.104. The molecule has 1 aliphatic rings. The predicted molar refractivity (Wildman–Crippen MR) is 64.7 cm³/mol. The Morgan fingerprint density at radius 1 is 1.47 bits per heavy atom. The molecule has 0 spiro atoms. The van der Waals surface area contributed by atoms with Gasteiger partial charge in [-0.2, -0.15) is 0 Å². The van der Waals surface area contributed by atoms with E-state index in [4.69, 9.17) is 0 Å². The van der Waals surface area contributed by atoms with Gasteiger partial charge in [-0.1, -0.05) is 44.9 Å². The molecule has 1 nitrogen and oxygen atoms in total. The SMILES string of the molecule is CC(C=O)=CC=C1C(C)CCCC1(C)C. The molecule has 0 aromatic heterocycles. The van der Waals surface area contributed by atoms with E-state index in [1.54, 1.807) is 0 Å². The van der Waals surface area contributed by atoms with Gasteiger partial charge >= 0.3 is 0 Å². The Balaban J connectivity index is 2.93. The number of rotatable bonds is 2. The van der Waals surface area contributed by atoms with Crippen molar-refractivity contribution in [1.29, 1.82) is 0 Å². The highest BCUT2D eigenvalue weighted by Crippen LogP contribution is 2.43. The Bertz CT molecular complexity index is 294. The molecule has 1 fully saturated rings. The molecule has 1 rings (SSSR count). The number of hydrogen-bond acceptors (Lipinski definition) is 1. The molecular formula is C14H22O. The fourth-order valence-corrected chi connectivity index (χ4v) is 2.47. The van der Waals surface area contributed by atoms with E-state index in [9.17, 15) is 4.79 Å². The molecule has 1 heteroatoms. The van der Waals surface area contributed by atoms with Crippen LogP contribution in [0.4, 0.5) is 0 Å². The summed E-state index contributed by atoms with van der Waals surface area (Å²) in [6, 6.07) is 0. The van der Waals surface area contributed by atoms with Gasteiger partial charge in [0, 0.05) is 0 Å². The van der Waals surface area contributed by atoms with Crippen molar-refractivity contribution in [2.24, 2.45) is 11.3 Å². The molecule has 0 amide bonds. The van der Waals surface area contributed by atoms with Gasteiger partial charge < -0.3 is 0 Å². The van der Waals surface area contributed by atoms with Crippen molar-refractivity contribution in [3.05, 3.63) is 23.3 Å². The third-order valence-corrected chi connectivity index (χ3v) is 3.46. The summed E-state index contributed by atoms with van der Waals surface area (Å²) in [5, 5.41) is 0. The molecule has 0 heterocycles. The second-order valence-electron chi connectivity index (χ2n) is 5.33. The maximum atomic E-state index is 10.5. The summed E-state index contributed by atoms with van der Waals surface area (Å²) in [5.74, 6) is 0.657. The fourth-order valence-electron chi connectivity index (χ4n) is 2.47. The first-order valence-electron chi connectivity index (χ1n) is 5.81. The quantitative estimate of drug-likeness (QED) is 0.494. The minimum atomic E-state index is 0.303. The lowest BCUT2D eigenvalue weighted by Crippen LogP contribution is -2.24. The van der Waals surface area contributed by atoms with Crippen LogP contribution in [0.25, 0.3) is 0 Å². The van der Waals surface area contributed by atoms with Crippen LogP contribution in [0, 0.1) is 11.3 Å². The first-order valence-corrected chi connectivity index (χ1v) is 5.81. The van der Waals surface area contributed by atoms with E-state index in [1.165, 1.54) is 24.8 Å². The molecule has 0 radical (unpaired) electrons. The molecule has 0 saturated heterocycles. The van der Waals surface area contributed by atoms with Gasteiger partial charge in [-0.3, -0.25) is 4.79 Å². The smallest absolute Gasteiger partial charge is 0.145 e. The highest BCUT2D eigenvalue weighted by atomic mass is 16.1. The van der Waals surface area contributed by atoms with Gasteiger partial charge in [0.05, 0.1) is 0 Å². The second-order valence-corrected chi connectivity index (χ2v) is 5.33. The van der Waals surface area contributed by atoms with Crippen LogP contribution in [-0.2, 0) is 4.79 Å². The lowest BCUT2D eigenvalue weighted by Gasteiger charge is -2.37. The van der Waals surface area contributed by atoms with Gasteiger partial charge in [0.1, 0.15) is 6.29 Å². The van der Waals surface area contributed by atoms with Gasteiger partial charge in [-0.25, -0.2) is 0 Å². The van der Waals surface area contributed by atoms with Crippen LogP contribution in [0.3, 0.4) is 0 Å². The molecule has 1 atom stereocenters. The zero-order chi connectivity index (χ0) is 11.5. The zero-order valence-electron chi connectivity index (χ0n) is 10.3. The molecule has 1 unspecified atom stereocenters. The third kappa shape index (κ3) is 3.05. The Kier molecular flexibility index (Phi) is 3.90. The summed E-state index contributed by atoms with van der Waals surface area (Å²) in [6.07, 6.45) is 8.89. The monoisotopic (exact) mass is 206 g/mol. The van der Waals surface area contributed by atoms with E-state index >= 15 is 0 Å². The summed E-state index contributed by atoms with van der Waals surface area (Å²) in [5.41, 5.74) is 2.60. The zero-order valence-corrected chi connectivity index (χ0v) is 10.3. The van der Waals surface area contributed by atoms with Gasteiger partial charge in [0.15, 0.2) is 0 Å². The summed E-state index contributed by atoms with van der Waals surface area (Å²) >= 11 is 0. The van der Waals surface area contributed by atoms with Crippen LogP contribution in [0.2, 0.25) is 0 Å². The van der Waals surface area contributed by atoms with Gasteiger partial charge in [0.25, 0.3) is 0 Å². The highest BCUT2D eigenvalue weighted by molar-refractivity contribution is 5.72. The van der Waals surface area contributed by atoms with Crippen molar-refractivity contribution in [3.63, 3.8) is 0 Å². The molecule has 0 bridgehead atoms. The number of carbonyl (C=O) groups is 1. The van der Waals surface area contributed by atoms with Crippen LogP contribution in [0.1, 0.15) is 47.0 Å². The largest absolute Gasteiger partial charge is 0.298 e. The molecule has 1 aliphatic carbocycles. The van der Waals surface area contributed by atoms with E-state index in [2.05, 4.69) is 26.8 Å². The molecular weight excluding hydrogens is 184 g/mol. The van der Waals surface area contributed by atoms with E-state index in [0.29, 0.717) is 11.3 Å². The van der Waals surface area contributed by atoms with E-state index in [0.717, 1.165) is 11.9 Å². The average molecular weight is 206 g/mol. The Morgan fingerprint density at radius 2 is 2.13 bits per heavy atom. The molecule has 84 valence electrons. The molecule has 0 N–H and O–H groups in total. The van der Waals surface area contributed by atoms with E-state index < -0.39 is 0 Å². The molecule has 0 aromatic carbocycles. The van der Waals surface area contributed by atoms with Crippen LogP contribution in [0.5, 0.6) is 0 Å². The van der Waals surface area contributed by atoms with Crippen LogP contribution >= 0.6 is 0 Å². The minimum Gasteiger partial charge on any atom is -0.298 e. The second kappa shape index (κ2) is 4.78. The Hall–Kier alpha value is -0.850. The van der Waals surface area contributed by atoms with Gasteiger partial charge in [-0.15, -0.1) is 0 Å². The number of carbonyl (C=O) groups excluding carboxylic acids is 1. The highest BCUT2D eigenvalue weighted by Gasteiger charge is 2.30. The first kappa shape index (κ1) is 12.2. The van der Waals surface area contributed by atoms with E-state index in [1.807, 2.05) is 13.0 Å². The summed E-state index contributed by atoms with van der Waals surface area (Å²) in [4.78, 5) is 10.5. The van der Waals surface area contributed by atoms with Crippen LogP contribution in [-0.4, -0.2) is 6.29 Å². The van der Waals surface area contributed by atoms with Crippen molar-refractivity contribution in [3.8, 4) is 0 Å². The summed E-state index contributed by atoms with van der Waals surface area (Å²) < 4.78 is 0. The molecule has 15 heavy (non-hydrogen) atoms. The van der Waals surface area contributed by atoms with Crippen LogP contribution < -0.4 is 0 Å². The Labute approximate surface area is 93.3 Å². The molecule has 0 aliphatic heterocycles. The summed E-state index contributed by atoms with van der Waals surface area (Å²) in [7, 11) is 0. The third-order valence-electron chi connectivity index (χ3n) is 3.46. The van der Waals surface area contributed by atoms with Gasteiger partial charge in [-0.05, 0) is 36.7 Å². The standard InChI is InChI=1S/C14H22O/c1-11(10-15)7-8-13-12(2)6-5-9-14(13,3)4/h7-8,10,12H,5-6,9H2,1-4H3. The van der Waals surface area contributed by atoms with E-state index in [-0.39, 0.29) is 0 Å².